The lowest BCUT2D eigenvalue weighted by atomic mass is 10.0. The molecule has 0 unspecified atom stereocenters. The van der Waals surface area contributed by atoms with Gasteiger partial charge in [0.2, 0.25) is 0 Å². The number of carbonyl (C=O) groups is 2. The van der Waals surface area contributed by atoms with Crippen molar-refractivity contribution in [1.29, 1.82) is 0 Å². The van der Waals surface area contributed by atoms with Crippen LogP contribution in [-0.4, -0.2) is 29.3 Å². The number of para-hydroxylation sites is 1. The van der Waals surface area contributed by atoms with Gasteiger partial charge in [-0.15, -0.1) is 0 Å². The number of hydrogen-bond acceptors (Lipinski definition) is 4. The maximum Gasteiger partial charge on any atom is 0.270 e. The van der Waals surface area contributed by atoms with Crippen LogP contribution in [0.5, 0.6) is 5.75 Å². The smallest absolute Gasteiger partial charge is 0.270 e. The molecule has 0 aliphatic heterocycles. The van der Waals surface area contributed by atoms with E-state index in [9.17, 15) is 9.59 Å². The largest absolute Gasteiger partial charge is 0.496 e. The lowest BCUT2D eigenvalue weighted by molar-refractivity contribution is -0.117. The number of nitrogens with one attached hydrogen (secondary N) is 1. The summed E-state index contributed by atoms with van der Waals surface area (Å²) in [5.41, 5.74) is 1.61. The summed E-state index contributed by atoms with van der Waals surface area (Å²) in [6.07, 6.45) is 2.09. The van der Waals surface area contributed by atoms with Gasteiger partial charge in [0.15, 0.2) is 0 Å². The number of hydrogen-bond donors (Lipinski definition) is 1. The molecule has 5 nitrogen and oxygen atoms in total. The topological polar surface area (TPSA) is 68.3 Å². The van der Waals surface area contributed by atoms with Gasteiger partial charge >= 0.3 is 0 Å². The predicted octanol–water partition coefficient (Wildman–Crippen LogP) is 2.97. The average molecular weight is 340 g/mol. The van der Waals surface area contributed by atoms with Crippen molar-refractivity contribution in [2.45, 2.75) is 39.2 Å². The van der Waals surface area contributed by atoms with Crippen LogP contribution in [-0.2, 0) is 17.6 Å². The molecule has 0 saturated heterocycles. The summed E-state index contributed by atoms with van der Waals surface area (Å²) in [4.78, 5) is 28.7. The van der Waals surface area contributed by atoms with Crippen LogP contribution >= 0.6 is 0 Å². The first kappa shape index (κ1) is 18.6. The van der Waals surface area contributed by atoms with Crippen LogP contribution < -0.4 is 10.1 Å². The summed E-state index contributed by atoms with van der Waals surface area (Å²) in [7, 11) is 1.59. The molecule has 0 aliphatic carbocycles. The highest BCUT2D eigenvalue weighted by molar-refractivity contribution is 5.93. The number of ketones is 1. The van der Waals surface area contributed by atoms with E-state index >= 15 is 0 Å². The fraction of sp³-hybridized carbons (Fsp3) is 0.350. The molecule has 1 N–H and O–H groups in total. The highest BCUT2D eigenvalue weighted by Crippen LogP contribution is 2.18. The van der Waals surface area contributed by atoms with Gasteiger partial charge in [0.05, 0.1) is 7.11 Å². The van der Waals surface area contributed by atoms with E-state index in [1.54, 1.807) is 25.4 Å². The van der Waals surface area contributed by atoms with E-state index in [0.717, 1.165) is 11.1 Å². The minimum Gasteiger partial charge on any atom is -0.496 e. The summed E-state index contributed by atoms with van der Waals surface area (Å²) in [6.45, 7) is 5.72. The molecule has 1 amide bonds. The highest BCUT2D eigenvalue weighted by Gasteiger charge is 2.17. The van der Waals surface area contributed by atoms with Crippen molar-refractivity contribution < 1.29 is 14.3 Å². The third-order valence-electron chi connectivity index (χ3n) is 3.53. The summed E-state index contributed by atoms with van der Waals surface area (Å²) >= 11 is 0. The first-order valence-electron chi connectivity index (χ1n) is 8.19. The Kier molecular flexibility index (Phi) is 5.91. The predicted molar refractivity (Wildman–Crippen MR) is 96.9 cm³/mol. The minimum absolute atomic E-state index is 0.0536. The van der Waals surface area contributed by atoms with Crippen LogP contribution in [0.2, 0.25) is 0 Å². The van der Waals surface area contributed by atoms with E-state index in [2.05, 4.69) is 10.3 Å². The fourth-order valence-corrected chi connectivity index (χ4v) is 2.46. The number of methoxy groups -OCH3 is 1. The molecule has 0 fully saturated rings. The van der Waals surface area contributed by atoms with Gasteiger partial charge in [0.25, 0.3) is 5.91 Å². The third kappa shape index (κ3) is 5.71. The molecular formula is C20H24N2O3. The lowest BCUT2D eigenvalue weighted by Gasteiger charge is -2.20. The average Bonchev–Trinajstić information content (AvgIpc) is 2.54. The molecule has 0 aliphatic rings. The van der Waals surface area contributed by atoms with E-state index in [1.807, 2.05) is 45.0 Å². The molecule has 1 aromatic heterocycles. The van der Waals surface area contributed by atoms with Gasteiger partial charge in [-0.2, -0.15) is 0 Å². The maximum atomic E-state index is 12.4. The molecular weight excluding hydrogens is 316 g/mol. The molecule has 2 aromatic rings. The van der Waals surface area contributed by atoms with E-state index in [0.29, 0.717) is 11.4 Å². The first-order valence-corrected chi connectivity index (χ1v) is 8.19. The van der Waals surface area contributed by atoms with E-state index in [1.165, 1.54) is 0 Å². The van der Waals surface area contributed by atoms with Crippen molar-refractivity contribution in [3.05, 3.63) is 59.4 Å². The van der Waals surface area contributed by atoms with Gasteiger partial charge in [0.1, 0.15) is 17.2 Å². The van der Waals surface area contributed by atoms with Crippen LogP contribution in [0.1, 0.15) is 42.4 Å². The van der Waals surface area contributed by atoms with Crippen LogP contribution in [0.3, 0.4) is 0 Å². The van der Waals surface area contributed by atoms with Crippen molar-refractivity contribution in [2.24, 2.45) is 0 Å². The molecule has 0 saturated carbocycles. The Balaban J connectivity index is 2.06. The summed E-state index contributed by atoms with van der Waals surface area (Å²) in [5.74, 6) is 0.514. The number of Topliss-reactive ketones (excluding diaryl/α,β-unsaturated/α-hetero) is 1. The minimum atomic E-state index is -0.339. The number of ether oxygens (including phenoxy) is 1. The normalized spacial score (nSPS) is 11.0. The summed E-state index contributed by atoms with van der Waals surface area (Å²) in [6, 6.07) is 10.9. The molecule has 0 radical (unpaired) electrons. The highest BCUT2D eigenvalue weighted by atomic mass is 16.5. The van der Waals surface area contributed by atoms with Crippen LogP contribution in [0.25, 0.3) is 0 Å². The molecule has 1 heterocycles. The monoisotopic (exact) mass is 340 g/mol. The molecule has 0 atom stereocenters. The van der Waals surface area contributed by atoms with E-state index < -0.39 is 0 Å². The Hall–Kier alpha value is -2.69. The Morgan fingerprint density at radius 2 is 1.84 bits per heavy atom. The number of aromatic nitrogens is 1. The summed E-state index contributed by atoms with van der Waals surface area (Å²) in [5, 5.41) is 2.87. The maximum absolute atomic E-state index is 12.4. The molecule has 132 valence electrons. The zero-order chi connectivity index (χ0) is 18.4. The Bertz CT molecular complexity index is 764. The zero-order valence-corrected chi connectivity index (χ0v) is 15.1. The van der Waals surface area contributed by atoms with Crippen molar-refractivity contribution in [2.75, 3.05) is 7.11 Å². The van der Waals surface area contributed by atoms with Crippen LogP contribution in [0.4, 0.5) is 0 Å². The summed E-state index contributed by atoms with van der Waals surface area (Å²) < 4.78 is 5.28. The Morgan fingerprint density at radius 1 is 1.12 bits per heavy atom. The molecule has 2 rings (SSSR count). The first-order chi connectivity index (χ1) is 11.8. The van der Waals surface area contributed by atoms with Gasteiger partial charge in [0, 0.05) is 30.1 Å². The van der Waals surface area contributed by atoms with Gasteiger partial charge < -0.3 is 10.1 Å². The Labute approximate surface area is 148 Å². The zero-order valence-electron chi connectivity index (χ0n) is 15.1. The third-order valence-corrected chi connectivity index (χ3v) is 3.53. The molecule has 25 heavy (non-hydrogen) atoms. The molecule has 0 spiro atoms. The quantitative estimate of drug-likeness (QED) is 0.878. The Morgan fingerprint density at radius 3 is 2.52 bits per heavy atom. The second-order valence-corrected chi connectivity index (χ2v) is 6.96. The van der Waals surface area contributed by atoms with Crippen LogP contribution in [0, 0.1) is 0 Å². The second-order valence-electron chi connectivity index (χ2n) is 6.96. The number of pyridine rings is 1. The molecule has 0 bridgehead atoms. The molecule has 1 aromatic carbocycles. The standard InChI is InChI=1S/C20H24N2O3/c1-20(2,3)22-19(24)17-12-14(9-10-21-17)11-16(23)13-15-7-5-6-8-18(15)25-4/h5-10,12H,11,13H2,1-4H3,(H,22,24). The number of amides is 1. The lowest BCUT2D eigenvalue weighted by Crippen LogP contribution is -2.40. The number of benzene rings is 1. The number of carbonyl (C=O) groups excluding carboxylic acids is 2. The van der Waals surface area contributed by atoms with Gasteiger partial charge in [-0.3, -0.25) is 14.6 Å². The number of nitrogens with zero attached hydrogens (tertiary/aromatic N) is 1. The molecule has 5 heteroatoms. The van der Waals surface area contributed by atoms with Crippen LogP contribution in [0.15, 0.2) is 42.6 Å². The van der Waals surface area contributed by atoms with Crippen molar-refractivity contribution >= 4 is 11.7 Å². The van der Waals surface area contributed by atoms with Crippen molar-refractivity contribution in [1.82, 2.24) is 10.3 Å². The van der Waals surface area contributed by atoms with E-state index in [-0.39, 0.29) is 30.1 Å². The van der Waals surface area contributed by atoms with E-state index in [4.69, 9.17) is 4.74 Å². The van der Waals surface area contributed by atoms with Gasteiger partial charge in [-0.25, -0.2) is 0 Å². The van der Waals surface area contributed by atoms with Crippen molar-refractivity contribution in [3.8, 4) is 5.75 Å². The fourth-order valence-electron chi connectivity index (χ4n) is 2.46. The van der Waals surface area contributed by atoms with Gasteiger partial charge in [-0.1, -0.05) is 18.2 Å². The second kappa shape index (κ2) is 7.92. The number of rotatable bonds is 6. The van der Waals surface area contributed by atoms with Gasteiger partial charge in [-0.05, 0) is 44.5 Å². The SMILES string of the molecule is COc1ccccc1CC(=O)Cc1ccnc(C(=O)NC(C)(C)C)c1. The van der Waals surface area contributed by atoms with Crippen molar-refractivity contribution in [3.63, 3.8) is 0 Å².